The van der Waals surface area contributed by atoms with Gasteiger partial charge in [-0.25, -0.2) is 0 Å². The van der Waals surface area contributed by atoms with Gasteiger partial charge in [0.2, 0.25) is 0 Å². The molecule has 0 N–H and O–H groups in total. The van der Waals surface area contributed by atoms with Crippen molar-refractivity contribution in [1.82, 2.24) is 14.7 Å². The predicted octanol–water partition coefficient (Wildman–Crippen LogP) is 1.80. The average molecular weight is 357 g/mol. The van der Waals surface area contributed by atoms with E-state index in [9.17, 15) is 4.79 Å². The molecule has 3 heterocycles. The molecule has 0 saturated carbocycles. The molecule has 3 aliphatic heterocycles. The zero-order valence-corrected chi connectivity index (χ0v) is 15.7. The Labute approximate surface area is 156 Å². The van der Waals surface area contributed by atoms with Gasteiger partial charge in [-0.1, -0.05) is 18.2 Å². The van der Waals surface area contributed by atoms with Gasteiger partial charge in [0.05, 0.1) is 6.61 Å². The molecule has 5 nitrogen and oxygen atoms in total. The Morgan fingerprint density at radius 1 is 0.923 bits per heavy atom. The van der Waals surface area contributed by atoms with Gasteiger partial charge >= 0.3 is 0 Å². The summed E-state index contributed by atoms with van der Waals surface area (Å²) < 4.78 is 5.50. The van der Waals surface area contributed by atoms with E-state index >= 15 is 0 Å². The van der Waals surface area contributed by atoms with Gasteiger partial charge in [0.15, 0.2) is 0 Å². The van der Waals surface area contributed by atoms with Crippen LogP contribution in [0.25, 0.3) is 0 Å². The van der Waals surface area contributed by atoms with Crippen LogP contribution in [0.3, 0.4) is 0 Å². The number of carbonyl (C=O) groups excluding carboxylic acids is 1. The summed E-state index contributed by atoms with van der Waals surface area (Å²) in [6.45, 7) is 10.7. The van der Waals surface area contributed by atoms with Crippen LogP contribution in [0.5, 0.6) is 0 Å². The van der Waals surface area contributed by atoms with E-state index in [4.69, 9.17) is 4.74 Å². The fourth-order valence-corrected chi connectivity index (χ4v) is 4.54. The number of carbonyl (C=O) groups is 1. The molecule has 1 aromatic rings. The lowest BCUT2D eigenvalue weighted by molar-refractivity contribution is 0.0772. The van der Waals surface area contributed by atoms with Crippen LogP contribution >= 0.6 is 0 Å². The van der Waals surface area contributed by atoms with Crippen LogP contribution < -0.4 is 0 Å². The first-order valence-electron chi connectivity index (χ1n) is 10.1. The summed E-state index contributed by atoms with van der Waals surface area (Å²) in [4.78, 5) is 19.8. The molecular formula is C21H31N3O2. The van der Waals surface area contributed by atoms with Crippen molar-refractivity contribution in [3.05, 3.63) is 35.9 Å². The number of hydrogen-bond acceptors (Lipinski definition) is 4. The van der Waals surface area contributed by atoms with Gasteiger partial charge in [0.1, 0.15) is 0 Å². The minimum absolute atomic E-state index is 0.191. The van der Waals surface area contributed by atoms with Crippen LogP contribution in [0, 0.1) is 11.8 Å². The van der Waals surface area contributed by atoms with Gasteiger partial charge in [-0.05, 0) is 36.8 Å². The molecule has 5 heteroatoms. The van der Waals surface area contributed by atoms with Crippen molar-refractivity contribution in [2.45, 2.75) is 12.8 Å². The van der Waals surface area contributed by atoms with Gasteiger partial charge in [-0.2, -0.15) is 0 Å². The molecule has 0 radical (unpaired) electrons. The minimum Gasteiger partial charge on any atom is -0.381 e. The number of rotatable bonds is 5. The van der Waals surface area contributed by atoms with Gasteiger partial charge in [0.25, 0.3) is 5.91 Å². The van der Waals surface area contributed by atoms with Gasteiger partial charge in [-0.3, -0.25) is 4.79 Å². The van der Waals surface area contributed by atoms with E-state index in [-0.39, 0.29) is 5.91 Å². The number of benzene rings is 1. The monoisotopic (exact) mass is 357 g/mol. The van der Waals surface area contributed by atoms with E-state index in [1.54, 1.807) is 0 Å². The highest BCUT2D eigenvalue weighted by atomic mass is 16.5. The molecule has 0 aromatic heterocycles. The first kappa shape index (κ1) is 18.0. The third kappa shape index (κ3) is 4.45. The highest BCUT2D eigenvalue weighted by Gasteiger charge is 2.29. The first-order chi connectivity index (χ1) is 12.8. The summed E-state index contributed by atoms with van der Waals surface area (Å²) in [5.74, 6) is 1.56. The molecule has 3 aliphatic rings. The topological polar surface area (TPSA) is 36.0 Å². The van der Waals surface area contributed by atoms with Crippen LogP contribution in [0.2, 0.25) is 0 Å². The number of ether oxygens (including phenoxy) is 1. The van der Waals surface area contributed by atoms with Crippen molar-refractivity contribution in [1.29, 1.82) is 0 Å². The number of piperazine rings is 1. The molecule has 142 valence electrons. The summed E-state index contributed by atoms with van der Waals surface area (Å²) in [6, 6.07) is 9.69. The molecule has 1 aromatic carbocycles. The highest BCUT2D eigenvalue weighted by Crippen LogP contribution is 2.21. The minimum atomic E-state index is 0.191. The Kier molecular flexibility index (Phi) is 5.88. The Morgan fingerprint density at radius 2 is 1.62 bits per heavy atom. The maximum Gasteiger partial charge on any atom is 0.253 e. The van der Waals surface area contributed by atoms with Crippen LogP contribution in [0.1, 0.15) is 23.2 Å². The molecule has 0 aliphatic carbocycles. The van der Waals surface area contributed by atoms with E-state index in [0.29, 0.717) is 5.92 Å². The zero-order valence-electron chi connectivity index (χ0n) is 15.7. The van der Waals surface area contributed by atoms with Crippen LogP contribution in [0.4, 0.5) is 0 Å². The number of hydrogen-bond donors (Lipinski definition) is 0. The van der Waals surface area contributed by atoms with E-state index in [1.807, 2.05) is 35.2 Å². The Bertz CT molecular complexity index is 580. The smallest absolute Gasteiger partial charge is 0.253 e. The molecule has 4 rings (SSSR count). The highest BCUT2D eigenvalue weighted by molar-refractivity contribution is 5.94. The molecule has 3 fully saturated rings. The Hall–Kier alpha value is -1.43. The summed E-state index contributed by atoms with van der Waals surface area (Å²) in [5.41, 5.74) is 0.817. The molecule has 26 heavy (non-hydrogen) atoms. The average Bonchev–Trinajstić information content (AvgIpc) is 3.36. The van der Waals surface area contributed by atoms with Crippen LogP contribution in [-0.4, -0.2) is 86.2 Å². The standard InChI is InChI=1S/C21H31N3O2/c25-21(20-4-2-1-3-5-20)24-8-6-18(16-24)14-22-9-11-23(12-10-22)15-19-7-13-26-17-19/h1-5,18-19H,6-17H2. The molecule has 2 unspecified atom stereocenters. The maximum absolute atomic E-state index is 12.6. The summed E-state index contributed by atoms with van der Waals surface area (Å²) in [6.07, 6.45) is 2.37. The predicted molar refractivity (Wildman–Crippen MR) is 102 cm³/mol. The lowest BCUT2D eigenvalue weighted by atomic mass is 10.1. The summed E-state index contributed by atoms with van der Waals surface area (Å²) in [5, 5.41) is 0. The van der Waals surface area contributed by atoms with E-state index in [1.165, 1.54) is 26.1 Å². The second-order valence-corrected chi connectivity index (χ2v) is 8.10. The summed E-state index contributed by atoms with van der Waals surface area (Å²) in [7, 11) is 0. The van der Waals surface area contributed by atoms with Crippen molar-refractivity contribution in [3.8, 4) is 0 Å². The second kappa shape index (κ2) is 8.51. The lowest BCUT2D eigenvalue weighted by Gasteiger charge is -2.36. The van der Waals surface area contributed by atoms with Gasteiger partial charge < -0.3 is 19.4 Å². The largest absolute Gasteiger partial charge is 0.381 e. The van der Waals surface area contributed by atoms with E-state index in [0.717, 1.165) is 63.8 Å². The van der Waals surface area contributed by atoms with Crippen LogP contribution in [-0.2, 0) is 4.74 Å². The van der Waals surface area contributed by atoms with E-state index < -0.39 is 0 Å². The second-order valence-electron chi connectivity index (χ2n) is 8.10. The summed E-state index contributed by atoms with van der Waals surface area (Å²) >= 11 is 0. The SMILES string of the molecule is O=C(c1ccccc1)N1CCC(CN2CCN(CC3CCOC3)CC2)C1. The van der Waals surface area contributed by atoms with Gasteiger partial charge in [0, 0.05) is 64.5 Å². The van der Waals surface area contributed by atoms with E-state index in [2.05, 4.69) is 9.80 Å². The van der Waals surface area contributed by atoms with Crippen molar-refractivity contribution >= 4 is 5.91 Å². The van der Waals surface area contributed by atoms with Crippen molar-refractivity contribution in [3.63, 3.8) is 0 Å². The Morgan fingerprint density at radius 3 is 2.27 bits per heavy atom. The third-order valence-electron chi connectivity index (χ3n) is 6.12. The van der Waals surface area contributed by atoms with Crippen molar-refractivity contribution < 1.29 is 9.53 Å². The molecular weight excluding hydrogens is 326 g/mol. The molecule has 0 bridgehead atoms. The molecule has 0 spiro atoms. The van der Waals surface area contributed by atoms with Gasteiger partial charge in [-0.15, -0.1) is 0 Å². The van der Waals surface area contributed by atoms with Crippen molar-refractivity contribution in [2.75, 3.05) is 65.6 Å². The molecule has 1 amide bonds. The van der Waals surface area contributed by atoms with Crippen LogP contribution in [0.15, 0.2) is 30.3 Å². The van der Waals surface area contributed by atoms with Crippen molar-refractivity contribution in [2.24, 2.45) is 11.8 Å². The fourth-order valence-electron chi connectivity index (χ4n) is 4.54. The maximum atomic E-state index is 12.6. The number of nitrogens with zero attached hydrogens (tertiary/aromatic N) is 3. The quantitative estimate of drug-likeness (QED) is 0.805. The number of amides is 1. The lowest BCUT2D eigenvalue weighted by Crippen LogP contribution is -2.49. The fraction of sp³-hybridized carbons (Fsp3) is 0.667. The molecule has 3 saturated heterocycles. The Balaban J connectivity index is 1.19. The molecule has 2 atom stereocenters. The zero-order chi connectivity index (χ0) is 17.8. The normalized spacial score (nSPS) is 27.9. The first-order valence-corrected chi connectivity index (χ1v) is 10.1. The third-order valence-corrected chi connectivity index (χ3v) is 6.12. The number of likely N-dealkylation sites (tertiary alicyclic amines) is 1.